The first-order valence-electron chi connectivity index (χ1n) is 6.26. The number of hydrogen-bond donors (Lipinski definition) is 1. The molecule has 0 saturated heterocycles. The SMILES string of the molecule is CN(CCCn1cnc(CN)c1)c1ccccc1. The van der Waals surface area contributed by atoms with Crippen molar-refractivity contribution in [2.24, 2.45) is 5.73 Å². The van der Waals surface area contributed by atoms with Gasteiger partial charge in [0, 0.05) is 38.6 Å². The number of aryl methyl sites for hydroxylation is 1. The molecule has 0 spiro atoms. The first kappa shape index (κ1) is 12.6. The zero-order valence-corrected chi connectivity index (χ0v) is 10.8. The van der Waals surface area contributed by atoms with Gasteiger partial charge in [-0.3, -0.25) is 0 Å². The average molecular weight is 244 g/mol. The zero-order valence-electron chi connectivity index (χ0n) is 10.8. The number of hydrogen-bond acceptors (Lipinski definition) is 3. The number of benzene rings is 1. The van der Waals surface area contributed by atoms with E-state index in [1.165, 1.54) is 5.69 Å². The second-order valence-corrected chi connectivity index (χ2v) is 4.42. The Kier molecular flexibility index (Phi) is 4.36. The van der Waals surface area contributed by atoms with E-state index in [9.17, 15) is 0 Å². The Labute approximate surface area is 108 Å². The Morgan fingerprint density at radius 1 is 1.28 bits per heavy atom. The quantitative estimate of drug-likeness (QED) is 0.844. The van der Waals surface area contributed by atoms with Crippen molar-refractivity contribution >= 4 is 5.69 Å². The van der Waals surface area contributed by atoms with E-state index in [0.29, 0.717) is 6.54 Å². The molecule has 0 fully saturated rings. The van der Waals surface area contributed by atoms with E-state index in [2.05, 4.69) is 45.8 Å². The highest BCUT2D eigenvalue weighted by Gasteiger charge is 2.00. The predicted molar refractivity (Wildman–Crippen MR) is 74.4 cm³/mol. The van der Waals surface area contributed by atoms with Crippen molar-refractivity contribution in [2.75, 3.05) is 18.5 Å². The maximum Gasteiger partial charge on any atom is 0.0949 e. The molecule has 0 aliphatic heterocycles. The second-order valence-electron chi connectivity index (χ2n) is 4.42. The van der Waals surface area contributed by atoms with Crippen LogP contribution >= 0.6 is 0 Å². The molecule has 0 amide bonds. The summed E-state index contributed by atoms with van der Waals surface area (Å²) in [6.45, 7) is 2.52. The van der Waals surface area contributed by atoms with Gasteiger partial charge in [-0.2, -0.15) is 0 Å². The number of nitrogens with two attached hydrogens (primary N) is 1. The van der Waals surface area contributed by atoms with Crippen molar-refractivity contribution in [1.29, 1.82) is 0 Å². The fourth-order valence-electron chi connectivity index (χ4n) is 1.94. The Morgan fingerprint density at radius 2 is 2.06 bits per heavy atom. The van der Waals surface area contributed by atoms with E-state index < -0.39 is 0 Å². The summed E-state index contributed by atoms with van der Waals surface area (Å²) in [5.74, 6) is 0. The molecule has 2 N–H and O–H groups in total. The lowest BCUT2D eigenvalue weighted by Gasteiger charge is -2.19. The zero-order chi connectivity index (χ0) is 12.8. The molecule has 0 aliphatic carbocycles. The van der Waals surface area contributed by atoms with Gasteiger partial charge in [0.1, 0.15) is 0 Å². The van der Waals surface area contributed by atoms with Gasteiger partial charge in [0.25, 0.3) is 0 Å². The fourth-order valence-corrected chi connectivity index (χ4v) is 1.94. The summed E-state index contributed by atoms with van der Waals surface area (Å²) in [5, 5.41) is 0. The average Bonchev–Trinajstić information content (AvgIpc) is 2.87. The number of anilines is 1. The van der Waals surface area contributed by atoms with E-state index in [0.717, 1.165) is 25.2 Å². The number of nitrogens with zero attached hydrogens (tertiary/aromatic N) is 3. The van der Waals surface area contributed by atoms with Crippen molar-refractivity contribution in [1.82, 2.24) is 9.55 Å². The monoisotopic (exact) mass is 244 g/mol. The highest BCUT2D eigenvalue weighted by atomic mass is 15.1. The van der Waals surface area contributed by atoms with E-state index in [1.807, 2.05) is 18.6 Å². The van der Waals surface area contributed by atoms with Crippen LogP contribution in [0.5, 0.6) is 0 Å². The van der Waals surface area contributed by atoms with Crippen LogP contribution in [-0.4, -0.2) is 23.1 Å². The third-order valence-electron chi connectivity index (χ3n) is 3.00. The topological polar surface area (TPSA) is 47.1 Å². The third kappa shape index (κ3) is 3.34. The first-order chi connectivity index (χ1) is 8.79. The summed E-state index contributed by atoms with van der Waals surface area (Å²) in [5.41, 5.74) is 7.74. The maximum atomic E-state index is 5.53. The van der Waals surface area contributed by atoms with Crippen molar-refractivity contribution in [3.8, 4) is 0 Å². The van der Waals surface area contributed by atoms with Crippen LogP contribution in [0.25, 0.3) is 0 Å². The van der Waals surface area contributed by atoms with Gasteiger partial charge in [-0.05, 0) is 18.6 Å². The van der Waals surface area contributed by atoms with Crippen molar-refractivity contribution in [2.45, 2.75) is 19.5 Å². The highest BCUT2D eigenvalue weighted by Crippen LogP contribution is 2.11. The summed E-state index contributed by atoms with van der Waals surface area (Å²) in [6, 6.07) is 10.4. The molecule has 0 atom stereocenters. The molecule has 2 aromatic rings. The minimum Gasteiger partial charge on any atom is -0.375 e. The Hall–Kier alpha value is -1.81. The van der Waals surface area contributed by atoms with Gasteiger partial charge < -0.3 is 15.2 Å². The Balaban J connectivity index is 1.78. The molecule has 1 aromatic heterocycles. The van der Waals surface area contributed by atoms with Gasteiger partial charge >= 0.3 is 0 Å². The van der Waals surface area contributed by atoms with Crippen LogP contribution in [0, 0.1) is 0 Å². The van der Waals surface area contributed by atoms with Gasteiger partial charge in [0.05, 0.1) is 12.0 Å². The van der Waals surface area contributed by atoms with Crippen molar-refractivity contribution < 1.29 is 0 Å². The molecule has 2 rings (SSSR count). The van der Waals surface area contributed by atoms with E-state index in [-0.39, 0.29) is 0 Å². The van der Waals surface area contributed by atoms with Crippen LogP contribution in [0.3, 0.4) is 0 Å². The summed E-state index contributed by atoms with van der Waals surface area (Å²) in [6.07, 6.45) is 4.96. The van der Waals surface area contributed by atoms with Crippen LogP contribution in [-0.2, 0) is 13.1 Å². The van der Waals surface area contributed by atoms with E-state index in [4.69, 9.17) is 5.73 Å². The molecule has 0 saturated carbocycles. The van der Waals surface area contributed by atoms with E-state index in [1.54, 1.807) is 0 Å². The smallest absolute Gasteiger partial charge is 0.0949 e. The normalized spacial score (nSPS) is 10.6. The van der Waals surface area contributed by atoms with Crippen LogP contribution < -0.4 is 10.6 Å². The third-order valence-corrected chi connectivity index (χ3v) is 3.00. The van der Waals surface area contributed by atoms with Crippen LogP contribution in [0.15, 0.2) is 42.9 Å². The minimum atomic E-state index is 0.511. The van der Waals surface area contributed by atoms with E-state index >= 15 is 0 Å². The summed E-state index contributed by atoms with van der Waals surface area (Å²) >= 11 is 0. The largest absolute Gasteiger partial charge is 0.375 e. The molecule has 0 aliphatic rings. The number of para-hydroxylation sites is 1. The number of imidazole rings is 1. The van der Waals surface area contributed by atoms with Crippen LogP contribution in [0.4, 0.5) is 5.69 Å². The standard InChI is InChI=1S/C14H20N4/c1-17(14-6-3-2-4-7-14)8-5-9-18-11-13(10-15)16-12-18/h2-4,6-7,11-12H,5,8-10,15H2,1H3. The predicted octanol–water partition coefficient (Wildman–Crippen LogP) is 1.87. The molecule has 1 heterocycles. The van der Waals surface area contributed by atoms with Gasteiger partial charge in [-0.15, -0.1) is 0 Å². The van der Waals surface area contributed by atoms with Crippen LogP contribution in [0.1, 0.15) is 12.1 Å². The van der Waals surface area contributed by atoms with Gasteiger partial charge in [0.2, 0.25) is 0 Å². The molecular weight excluding hydrogens is 224 g/mol. The molecular formula is C14H20N4. The molecule has 1 aromatic carbocycles. The first-order valence-corrected chi connectivity index (χ1v) is 6.26. The second kappa shape index (κ2) is 6.21. The molecule has 18 heavy (non-hydrogen) atoms. The van der Waals surface area contributed by atoms with Gasteiger partial charge in [-0.25, -0.2) is 4.98 Å². The van der Waals surface area contributed by atoms with Crippen molar-refractivity contribution in [3.63, 3.8) is 0 Å². The minimum absolute atomic E-state index is 0.511. The molecule has 96 valence electrons. The summed E-state index contributed by atoms with van der Waals surface area (Å²) < 4.78 is 2.10. The lowest BCUT2D eigenvalue weighted by molar-refractivity contribution is 0.637. The molecule has 0 unspecified atom stereocenters. The van der Waals surface area contributed by atoms with Crippen LogP contribution in [0.2, 0.25) is 0 Å². The highest BCUT2D eigenvalue weighted by molar-refractivity contribution is 5.44. The number of rotatable bonds is 6. The molecule has 0 bridgehead atoms. The van der Waals surface area contributed by atoms with Gasteiger partial charge in [0.15, 0.2) is 0 Å². The lowest BCUT2D eigenvalue weighted by Crippen LogP contribution is -2.19. The maximum absolute atomic E-state index is 5.53. The molecule has 0 radical (unpaired) electrons. The molecule has 4 heteroatoms. The number of aromatic nitrogens is 2. The Morgan fingerprint density at radius 3 is 2.72 bits per heavy atom. The summed E-state index contributed by atoms with van der Waals surface area (Å²) in [4.78, 5) is 6.48. The molecule has 4 nitrogen and oxygen atoms in total. The fraction of sp³-hybridized carbons (Fsp3) is 0.357. The van der Waals surface area contributed by atoms with Gasteiger partial charge in [-0.1, -0.05) is 18.2 Å². The lowest BCUT2D eigenvalue weighted by atomic mass is 10.3. The van der Waals surface area contributed by atoms with Crippen molar-refractivity contribution in [3.05, 3.63) is 48.5 Å². The summed E-state index contributed by atoms with van der Waals surface area (Å²) in [7, 11) is 2.12. The Bertz CT molecular complexity index is 464.